The third-order valence-electron chi connectivity index (χ3n) is 10.3. The number of hydrogen-bond acceptors (Lipinski definition) is 7. The highest BCUT2D eigenvalue weighted by atomic mass is 16.8. The summed E-state index contributed by atoms with van der Waals surface area (Å²) in [5, 5.41) is 23.3. The van der Waals surface area contributed by atoms with E-state index in [0.717, 1.165) is 18.4 Å². The van der Waals surface area contributed by atoms with Crippen molar-refractivity contribution in [1.82, 2.24) is 0 Å². The zero-order valence-corrected chi connectivity index (χ0v) is 19.1. The van der Waals surface area contributed by atoms with Gasteiger partial charge >= 0.3 is 0 Å². The molecule has 4 saturated heterocycles. The molecule has 4 aliphatic heterocycles. The van der Waals surface area contributed by atoms with Gasteiger partial charge in [0, 0.05) is 18.3 Å². The van der Waals surface area contributed by atoms with Crippen LogP contribution in [0.5, 0.6) is 0 Å². The first kappa shape index (κ1) is 20.2. The third-order valence-corrected chi connectivity index (χ3v) is 10.3. The molecule has 4 heterocycles. The summed E-state index contributed by atoms with van der Waals surface area (Å²) >= 11 is 0. The first-order chi connectivity index (χ1) is 14.9. The number of Topliss-reactive ketones (excluding diaryl/α,β-unsaturated/α-hetero) is 1. The van der Waals surface area contributed by atoms with Gasteiger partial charge in [-0.1, -0.05) is 32.6 Å². The number of fused-ring (bicyclic) bond motifs is 2. The number of rotatable bonds is 0. The van der Waals surface area contributed by atoms with E-state index in [-0.39, 0.29) is 36.2 Å². The molecule has 4 bridgehead atoms. The van der Waals surface area contributed by atoms with E-state index in [2.05, 4.69) is 13.2 Å². The van der Waals surface area contributed by atoms with Gasteiger partial charge in [-0.05, 0) is 38.0 Å². The Morgan fingerprint density at radius 1 is 1.03 bits per heavy atom. The summed E-state index contributed by atoms with van der Waals surface area (Å²) < 4.78 is 25.8. The van der Waals surface area contributed by atoms with Gasteiger partial charge in [0.15, 0.2) is 11.6 Å². The van der Waals surface area contributed by atoms with E-state index in [1.54, 1.807) is 13.8 Å². The molecule has 0 aromatic carbocycles. The number of hydrogen-bond donors (Lipinski definition) is 2. The van der Waals surface area contributed by atoms with E-state index in [1.807, 2.05) is 13.8 Å². The highest BCUT2D eigenvalue weighted by Gasteiger charge is 2.93. The first-order valence-corrected chi connectivity index (χ1v) is 11.9. The molecule has 0 aromatic rings. The summed E-state index contributed by atoms with van der Waals surface area (Å²) in [4.78, 5) is 14.1. The maximum atomic E-state index is 14.1. The van der Waals surface area contributed by atoms with Crippen molar-refractivity contribution in [3.8, 4) is 0 Å². The summed E-state index contributed by atoms with van der Waals surface area (Å²) in [6, 6.07) is 0. The lowest BCUT2D eigenvalue weighted by atomic mass is 9.32. The molecule has 11 atom stereocenters. The quantitative estimate of drug-likeness (QED) is 0.436. The monoisotopic (exact) mass is 444 g/mol. The minimum atomic E-state index is -1.62. The number of ether oxygens (including phenoxy) is 4. The van der Waals surface area contributed by atoms with Gasteiger partial charge in [0.25, 0.3) is 5.79 Å². The second-order valence-electron chi connectivity index (χ2n) is 12.2. The number of carbonyl (C=O) groups is 1. The molecule has 0 amide bonds. The molecule has 174 valence electrons. The molecule has 2 N–H and O–H groups in total. The fourth-order valence-corrected chi connectivity index (χ4v) is 9.42. The predicted octanol–water partition coefficient (Wildman–Crippen LogP) is 2.06. The summed E-state index contributed by atoms with van der Waals surface area (Å²) in [5.74, 6) is -2.87. The van der Waals surface area contributed by atoms with E-state index >= 15 is 0 Å². The average Bonchev–Trinajstić information content (AvgIpc) is 3.47. The molecule has 0 aromatic heterocycles. The Bertz CT molecular complexity index is 1000. The Morgan fingerprint density at radius 2 is 1.75 bits per heavy atom. The van der Waals surface area contributed by atoms with Gasteiger partial charge in [-0.15, -0.1) is 0 Å². The smallest absolute Gasteiger partial charge is 0.254 e. The minimum Gasteiger partial charge on any atom is -0.462 e. The van der Waals surface area contributed by atoms with Crippen molar-refractivity contribution >= 4 is 5.78 Å². The molecule has 7 nitrogen and oxygen atoms in total. The lowest BCUT2D eigenvalue weighted by Crippen LogP contribution is -2.90. The van der Waals surface area contributed by atoms with Crippen LogP contribution in [0.15, 0.2) is 24.5 Å². The molecule has 32 heavy (non-hydrogen) atoms. The van der Waals surface area contributed by atoms with E-state index in [9.17, 15) is 15.0 Å². The van der Waals surface area contributed by atoms with Crippen molar-refractivity contribution in [2.45, 2.75) is 89.1 Å². The van der Waals surface area contributed by atoms with Crippen LogP contribution < -0.4 is 0 Å². The van der Waals surface area contributed by atoms with Crippen LogP contribution in [0.4, 0.5) is 0 Å². The average molecular weight is 445 g/mol. The molecular formula is C25H32O7. The predicted molar refractivity (Wildman–Crippen MR) is 111 cm³/mol. The molecule has 7 heteroatoms. The molecule has 8 aliphatic rings. The molecule has 3 spiro atoms. The third kappa shape index (κ3) is 1.68. The fourth-order valence-electron chi connectivity index (χ4n) is 9.42. The lowest BCUT2D eigenvalue weighted by Gasteiger charge is -2.79. The summed E-state index contributed by atoms with van der Waals surface area (Å²) in [6.45, 7) is 16.1. The minimum absolute atomic E-state index is 0.000347. The highest BCUT2D eigenvalue weighted by molar-refractivity contribution is 5.92. The molecular weight excluding hydrogens is 412 g/mol. The van der Waals surface area contributed by atoms with Crippen molar-refractivity contribution in [3.05, 3.63) is 24.5 Å². The number of aliphatic hydroxyl groups is 2. The second-order valence-corrected chi connectivity index (χ2v) is 12.2. The molecule has 8 rings (SSSR count). The Kier molecular flexibility index (Phi) is 3.28. The van der Waals surface area contributed by atoms with Gasteiger partial charge in [0.05, 0.1) is 17.6 Å². The van der Waals surface area contributed by atoms with E-state index < -0.39 is 52.0 Å². The molecule has 0 radical (unpaired) electrons. The van der Waals surface area contributed by atoms with Crippen LogP contribution in [0.1, 0.15) is 47.0 Å². The van der Waals surface area contributed by atoms with Crippen LogP contribution in [-0.2, 0) is 23.7 Å². The second kappa shape index (κ2) is 5.20. The van der Waals surface area contributed by atoms with Crippen LogP contribution in [0.25, 0.3) is 0 Å². The van der Waals surface area contributed by atoms with Crippen molar-refractivity contribution in [2.24, 2.45) is 34.0 Å². The van der Waals surface area contributed by atoms with E-state index in [0.29, 0.717) is 5.76 Å². The van der Waals surface area contributed by atoms with Gasteiger partial charge < -0.3 is 29.2 Å². The normalized spacial score (nSPS) is 60.1. The van der Waals surface area contributed by atoms with Crippen molar-refractivity contribution in [1.29, 1.82) is 0 Å². The Balaban J connectivity index is 1.57. The molecule has 8 fully saturated rings. The summed E-state index contributed by atoms with van der Waals surface area (Å²) in [5.41, 5.74) is -1.77. The van der Waals surface area contributed by atoms with Gasteiger partial charge in [-0.3, -0.25) is 4.79 Å². The number of carbonyl (C=O) groups excluding carboxylic acids is 1. The van der Waals surface area contributed by atoms with Crippen LogP contribution in [-0.4, -0.2) is 58.1 Å². The largest absolute Gasteiger partial charge is 0.462 e. The Morgan fingerprint density at radius 3 is 2.47 bits per heavy atom. The Labute approximate surface area is 187 Å². The van der Waals surface area contributed by atoms with Crippen LogP contribution in [0.2, 0.25) is 0 Å². The zero-order chi connectivity index (χ0) is 22.8. The highest BCUT2D eigenvalue weighted by Crippen LogP contribution is 2.82. The maximum Gasteiger partial charge on any atom is 0.254 e. The van der Waals surface area contributed by atoms with E-state index in [1.165, 1.54) is 0 Å². The lowest BCUT2D eigenvalue weighted by molar-refractivity contribution is -0.521. The Hall–Kier alpha value is -1.25. The van der Waals surface area contributed by atoms with Crippen molar-refractivity contribution < 1.29 is 34.0 Å². The topological polar surface area (TPSA) is 97.8 Å². The fraction of sp³-hybridized carbons (Fsp3) is 0.800. The van der Waals surface area contributed by atoms with Crippen LogP contribution in [0, 0.1) is 34.0 Å². The summed E-state index contributed by atoms with van der Waals surface area (Å²) in [7, 11) is 0. The number of aliphatic hydroxyl groups excluding tert-OH is 2. The summed E-state index contributed by atoms with van der Waals surface area (Å²) in [6.07, 6.45) is -1.28. The maximum absolute atomic E-state index is 14.1. The number of epoxide rings is 1. The molecule has 4 saturated carbocycles. The number of ketones is 1. The van der Waals surface area contributed by atoms with Gasteiger partial charge in [0.1, 0.15) is 29.5 Å². The van der Waals surface area contributed by atoms with Gasteiger partial charge in [-0.2, -0.15) is 0 Å². The first-order valence-electron chi connectivity index (χ1n) is 11.9. The standard InChI is InChI=1S/C25H32O7/c1-10-9-14(26)24-13-8-7-12(10)19(24)31-22(5,6)32-25(24)18(28)16-21(3,4)17(27)15-20(29-15)23(13,16)11(2)30-25/h12-13,15-20,27-28H,1-2,7-9H2,3-6H3/t12-,13-,15+,16+,17-,18-,19+,20+,23-,24-,25-/m0/s1. The van der Waals surface area contributed by atoms with Gasteiger partial charge in [0.2, 0.25) is 0 Å². The zero-order valence-electron chi connectivity index (χ0n) is 19.1. The molecule has 4 aliphatic carbocycles. The SMILES string of the molecule is C=C1CC(=O)[C@@]23[C@@H]4OC(C)(C)O[C@]25OC(=C)[C@]2([C@@H]6O[C@@H]6[C@H](O)C(C)(C)[C@H]2[C@@H]5O)[C@@H]3CC[C@@H]14. The van der Waals surface area contributed by atoms with Crippen LogP contribution in [0.3, 0.4) is 0 Å². The molecule has 0 unspecified atom stereocenters. The van der Waals surface area contributed by atoms with Crippen LogP contribution >= 0.6 is 0 Å². The van der Waals surface area contributed by atoms with Crippen molar-refractivity contribution in [3.63, 3.8) is 0 Å². The van der Waals surface area contributed by atoms with E-state index in [4.69, 9.17) is 18.9 Å². The van der Waals surface area contributed by atoms with Crippen molar-refractivity contribution in [2.75, 3.05) is 0 Å². The van der Waals surface area contributed by atoms with Gasteiger partial charge in [-0.25, -0.2) is 0 Å².